The van der Waals surface area contributed by atoms with E-state index >= 15 is 0 Å². The van der Waals surface area contributed by atoms with E-state index in [1.165, 1.54) is 5.56 Å². The molecule has 0 radical (unpaired) electrons. The van der Waals surface area contributed by atoms with Gasteiger partial charge < -0.3 is 9.47 Å². The highest BCUT2D eigenvalue weighted by molar-refractivity contribution is 5.99. The third-order valence-corrected chi connectivity index (χ3v) is 4.70. The second-order valence-corrected chi connectivity index (χ2v) is 5.47. The summed E-state index contributed by atoms with van der Waals surface area (Å²) in [5.74, 6) is 0.417. The van der Waals surface area contributed by atoms with Gasteiger partial charge in [-0.25, -0.2) is 0 Å². The van der Waals surface area contributed by atoms with Gasteiger partial charge in [-0.2, -0.15) is 0 Å². The van der Waals surface area contributed by atoms with Crippen molar-refractivity contribution >= 4 is 5.78 Å². The van der Waals surface area contributed by atoms with E-state index in [2.05, 4.69) is 6.07 Å². The van der Waals surface area contributed by atoms with Crippen LogP contribution in [0.1, 0.15) is 41.1 Å². The van der Waals surface area contributed by atoms with Gasteiger partial charge in [-0.15, -0.1) is 0 Å². The first-order valence-corrected chi connectivity index (χ1v) is 6.70. The van der Waals surface area contributed by atoms with Crippen LogP contribution in [0.2, 0.25) is 0 Å². The molecule has 3 aliphatic rings. The fraction of sp³-hybridized carbons (Fsp3) is 0.533. The first kappa shape index (κ1) is 10.7. The molecule has 0 unspecified atom stereocenters. The molecule has 1 aromatic carbocycles. The molecule has 3 nitrogen and oxygen atoms in total. The van der Waals surface area contributed by atoms with Crippen molar-refractivity contribution in [3.63, 3.8) is 0 Å². The molecule has 1 saturated heterocycles. The lowest BCUT2D eigenvalue weighted by atomic mass is 9.75. The van der Waals surface area contributed by atoms with E-state index in [1.807, 2.05) is 18.2 Å². The highest BCUT2D eigenvalue weighted by atomic mass is 16.7. The number of benzene rings is 1. The monoisotopic (exact) mass is 244 g/mol. The fourth-order valence-electron chi connectivity index (χ4n) is 3.93. The molecule has 2 fully saturated rings. The molecule has 1 heterocycles. The van der Waals surface area contributed by atoms with Gasteiger partial charge in [0.1, 0.15) is 0 Å². The molecule has 1 spiro atoms. The van der Waals surface area contributed by atoms with Gasteiger partial charge in [0.15, 0.2) is 11.6 Å². The molecule has 0 amide bonds. The zero-order valence-corrected chi connectivity index (χ0v) is 10.2. The van der Waals surface area contributed by atoms with Crippen molar-refractivity contribution in [3.8, 4) is 0 Å². The van der Waals surface area contributed by atoms with E-state index in [4.69, 9.17) is 9.47 Å². The Bertz CT molecular complexity index is 502. The van der Waals surface area contributed by atoms with Crippen LogP contribution in [0.4, 0.5) is 0 Å². The van der Waals surface area contributed by atoms with Crippen LogP contribution in [-0.2, 0) is 9.47 Å². The summed E-state index contributed by atoms with van der Waals surface area (Å²) in [6, 6.07) is 8.02. The smallest absolute Gasteiger partial charge is 0.172 e. The molecule has 1 saturated carbocycles. The number of carbonyl (C=O) groups is 1. The third kappa shape index (κ3) is 1.29. The second kappa shape index (κ2) is 3.65. The largest absolute Gasteiger partial charge is 0.347 e. The molecule has 2 aliphatic carbocycles. The number of hydrogen-bond acceptors (Lipinski definition) is 3. The Labute approximate surface area is 106 Å². The van der Waals surface area contributed by atoms with Crippen molar-refractivity contribution in [2.45, 2.75) is 31.0 Å². The van der Waals surface area contributed by atoms with Crippen LogP contribution in [0.3, 0.4) is 0 Å². The van der Waals surface area contributed by atoms with Gasteiger partial charge in [-0.3, -0.25) is 4.79 Å². The Morgan fingerprint density at radius 1 is 1.17 bits per heavy atom. The first-order valence-electron chi connectivity index (χ1n) is 6.70. The van der Waals surface area contributed by atoms with Crippen LogP contribution in [0, 0.1) is 5.92 Å². The topological polar surface area (TPSA) is 35.5 Å². The third-order valence-electron chi connectivity index (χ3n) is 4.70. The summed E-state index contributed by atoms with van der Waals surface area (Å²) in [4.78, 5) is 12.3. The van der Waals surface area contributed by atoms with Crippen molar-refractivity contribution < 1.29 is 14.3 Å². The SMILES string of the molecule is O=C1C[C@@H]2[C@H](CCC23OCCO3)c2ccccc21. The molecule has 1 aromatic rings. The molecular formula is C15H16O3. The molecule has 0 bridgehead atoms. The van der Waals surface area contributed by atoms with Gasteiger partial charge in [0.05, 0.1) is 13.2 Å². The van der Waals surface area contributed by atoms with Gasteiger partial charge in [-0.1, -0.05) is 24.3 Å². The van der Waals surface area contributed by atoms with Gasteiger partial charge in [0.25, 0.3) is 0 Å². The van der Waals surface area contributed by atoms with Gasteiger partial charge >= 0.3 is 0 Å². The lowest BCUT2D eigenvalue weighted by Gasteiger charge is -2.35. The molecule has 94 valence electrons. The predicted molar refractivity (Wildman–Crippen MR) is 65.5 cm³/mol. The lowest BCUT2D eigenvalue weighted by Crippen LogP contribution is -2.39. The minimum absolute atomic E-state index is 0.211. The summed E-state index contributed by atoms with van der Waals surface area (Å²) < 4.78 is 11.7. The molecular weight excluding hydrogens is 228 g/mol. The van der Waals surface area contributed by atoms with Crippen LogP contribution >= 0.6 is 0 Å². The number of ether oxygens (including phenoxy) is 2. The minimum Gasteiger partial charge on any atom is -0.347 e. The normalized spacial score (nSPS) is 32.6. The van der Waals surface area contributed by atoms with E-state index in [0.717, 1.165) is 18.4 Å². The average molecular weight is 244 g/mol. The summed E-state index contributed by atoms with van der Waals surface area (Å²) in [6.07, 6.45) is 2.56. The van der Waals surface area contributed by atoms with Gasteiger partial charge in [-0.05, 0) is 17.9 Å². The summed E-state index contributed by atoms with van der Waals surface area (Å²) in [6.45, 7) is 1.33. The number of carbonyl (C=O) groups excluding carboxylic acids is 1. The van der Waals surface area contributed by atoms with Crippen LogP contribution in [-0.4, -0.2) is 24.8 Å². The number of Topliss-reactive ketones (excluding diaryl/α,β-unsaturated/α-hetero) is 1. The van der Waals surface area contributed by atoms with E-state index in [9.17, 15) is 4.79 Å². The highest BCUT2D eigenvalue weighted by Gasteiger charge is 2.55. The number of ketones is 1. The molecule has 0 aromatic heterocycles. The Morgan fingerprint density at radius 2 is 1.94 bits per heavy atom. The summed E-state index contributed by atoms with van der Waals surface area (Å²) >= 11 is 0. The van der Waals surface area contributed by atoms with Crippen molar-refractivity contribution in [2.75, 3.05) is 13.2 Å². The summed E-state index contributed by atoms with van der Waals surface area (Å²) in [7, 11) is 0. The van der Waals surface area contributed by atoms with Crippen LogP contribution in [0.15, 0.2) is 24.3 Å². The lowest BCUT2D eigenvalue weighted by molar-refractivity contribution is -0.182. The summed E-state index contributed by atoms with van der Waals surface area (Å²) in [5, 5.41) is 0. The van der Waals surface area contributed by atoms with E-state index < -0.39 is 5.79 Å². The van der Waals surface area contributed by atoms with Crippen LogP contribution in [0.25, 0.3) is 0 Å². The maximum atomic E-state index is 12.3. The highest BCUT2D eigenvalue weighted by Crippen LogP contribution is 2.54. The predicted octanol–water partition coefficient (Wildman–Crippen LogP) is 2.51. The van der Waals surface area contributed by atoms with Gasteiger partial charge in [0, 0.05) is 24.3 Å². The first-order chi connectivity index (χ1) is 8.80. The van der Waals surface area contributed by atoms with E-state index in [1.54, 1.807) is 0 Å². The summed E-state index contributed by atoms with van der Waals surface area (Å²) in [5.41, 5.74) is 2.11. The maximum absolute atomic E-state index is 12.3. The molecule has 2 atom stereocenters. The molecule has 18 heavy (non-hydrogen) atoms. The number of rotatable bonds is 0. The molecule has 1 aliphatic heterocycles. The van der Waals surface area contributed by atoms with Crippen molar-refractivity contribution in [2.24, 2.45) is 5.92 Å². The van der Waals surface area contributed by atoms with Crippen LogP contribution < -0.4 is 0 Å². The van der Waals surface area contributed by atoms with Crippen molar-refractivity contribution in [1.29, 1.82) is 0 Å². The number of hydrogen-bond donors (Lipinski definition) is 0. The zero-order chi connectivity index (χ0) is 12.2. The molecule has 3 heteroatoms. The van der Waals surface area contributed by atoms with E-state index in [0.29, 0.717) is 25.6 Å². The Kier molecular flexibility index (Phi) is 2.17. The fourth-order valence-corrected chi connectivity index (χ4v) is 3.93. The Morgan fingerprint density at radius 3 is 2.78 bits per heavy atom. The Hall–Kier alpha value is -1.19. The zero-order valence-electron chi connectivity index (χ0n) is 10.2. The van der Waals surface area contributed by atoms with Crippen molar-refractivity contribution in [3.05, 3.63) is 35.4 Å². The Balaban J connectivity index is 1.79. The minimum atomic E-state index is -0.464. The standard InChI is InChI=1S/C15H16O3/c16-14-9-13-11(10-3-1-2-4-12(10)14)5-6-15(13)17-7-8-18-15/h1-4,11,13H,5-9H2/t11-,13-/m1/s1. The second-order valence-electron chi connectivity index (χ2n) is 5.47. The number of fused-ring (bicyclic) bond motifs is 4. The quantitative estimate of drug-likeness (QED) is 0.703. The molecule has 4 rings (SSSR count). The van der Waals surface area contributed by atoms with Gasteiger partial charge in [0.2, 0.25) is 0 Å². The molecule has 0 N–H and O–H groups in total. The van der Waals surface area contributed by atoms with E-state index in [-0.39, 0.29) is 11.7 Å². The average Bonchev–Trinajstić information content (AvgIpc) is 3.00. The van der Waals surface area contributed by atoms with Crippen molar-refractivity contribution in [1.82, 2.24) is 0 Å². The maximum Gasteiger partial charge on any atom is 0.172 e. The van der Waals surface area contributed by atoms with Crippen LogP contribution in [0.5, 0.6) is 0 Å².